The van der Waals surface area contributed by atoms with Crippen molar-refractivity contribution in [3.8, 4) is 5.69 Å². The quantitative estimate of drug-likeness (QED) is 0.534. The van der Waals surface area contributed by atoms with Crippen LogP contribution in [-0.4, -0.2) is 26.8 Å². The van der Waals surface area contributed by atoms with Gasteiger partial charge in [0.25, 0.3) is 5.56 Å². The maximum absolute atomic E-state index is 13.2. The molecule has 1 aromatic carbocycles. The lowest BCUT2D eigenvalue weighted by Gasteiger charge is -2.18. The van der Waals surface area contributed by atoms with Crippen LogP contribution in [0.4, 0.5) is 0 Å². The molecule has 0 fully saturated rings. The van der Waals surface area contributed by atoms with Crippen LogP contribution in [0.1, 0.15) is 30.1 Å². The summed E-state index contributed by atoms with van der Waals surface area (Å²) >= 11 is 0. The van der Waals surface area contributed by atoms with Crippen LogP contribution in [0.5, 0.6) is 0 Å². The topological polar surface area (TPSA) is 82.1 Å². The molecular formula is C23H24N4O3. The smallest absolute Gasteiger partial charge is 0.281 e. The lowest BCUT2D eigenvalue weighted by Crippen LogP contribution is -2.33. The molecule has 0 saturated carbocycles. The standard InChI is InChI=1S/C23H24N4O3/c1-15-20-14-25-27(18-8-5-4-6-9-18)23(29)21(20)16(2)26(15)17(3)22(28)24-12-11-19-10-7-13-30-19/h4-10,13-14,17H,11-12H2,1-3H3,(H,24,28)/t17-/m1/s1. The second kappa shape index (κ2) is 8.02. The molecule has 3 heterocycles. The predicted octanol–water partition coefficient (Wildman–Crippen LogP) is 3.32. The molecule has 1 atom stereocenters. The normalized spacial score (nSPS) is 12.2. The van der Waals surface area contributed by atoms with Crippen molar-refractivity contribution in [2.75, 3.05) is 6.54 Å². The van der Waals surface area contributed by atoms with Gasteiger partial charge in [-0.1, -0.05) is 18.2 Å². The van der Waals surface area contributed by atoms with Gasteiger partial charge in [-0.05, 0) is 45.0 Å². The Labute approximate surface area is 173 Å². The summed E-state index contributed by atoms with van der Waals surface area (Å²) in [5.41, 5.74) is 2.12. The third-order valence-corrected chi connectivity index (χ3v) is 5.47. The molecule has 0 aliphatic heterocycles. The van der Waals surface area contributed by atoms with Crippen molar-refractivity contribution in [2.45, 2.75) is 33.2 Å². The highest BCUT2D eigenvalue weighted by molar-refractivity contribution is 5.89. The molecule has 0 unspecified atom stereocenters. The molecule has 0 saturated heterocycles. The summed E-state index contributed by atoms with van der Waals surface area (Å²) in [7, 11) is 0. The number of aryl methyl sites for hydroxylation is 2. The van der Waals surface area contributed by atoms with E-state index in [0.29, 0.717) is 24.0 Å². The first-order valence-corrected chi connectivity index (χ1v) is 9.94. The van der Waals surface area contributed by atoms with E-state index in [9.17, 15) is 9.59 Å². The summed E-state index contributed by atoms with van der Waals surface area (Å²) in [6.07, 6.45) is 3.95. The molecule has 1 N–H and O–H groups in total. The van der Waals surface area contributed by atoms with E-state index in [1.54, 1.807) is 12.5 Å². The number of benzene rings is 1. The fraction of sp³-hybridized carbons (Fsp3) is 0.261. The third kappa shape index (κ3) is 3.43. The summed E-state index contributed by atoms with van der Waals surface area (Å²) in [6.45, 7) is 6.11. The molecule has 1 amide bonds. The number of hydrogen-bond acceptors (Lipinski definition) is 4. The highest BCUT2D eigenvalue weighted by Gasteiger charge is 2.23. The number of nitrogens with zero attached hydrogens (tertiary/aromatic N) is 3. The Bertz CT molecular complexity index is 1240. The molecule has 30 heavy (non-hydrogen) atoms. The van der Waals surface area contributed by atoms with Crippen LogP contribution < -0.4 is 10.9 Å². The molecule has 0 spiro atoms. The maximum Gasteiger partial charge on any atom is 0.281 e. The van der Waals surface area contributed by atoms with Crippen molar-refractivity contribution in [3.05, 3.63) is 82.4 Å². The minimum Gasteiger partial charge on any atom is -0.469 e. The molecule has 0 bridgehead atoms. The van der Waals surface area contributed by atoms with Gasteiger partial charge in [0, 0.05) is 29.7 Å². The van der Waals surface area contributed by atoms with Crippen LogP contribution >= 0.6 is 0 Å². The number of rotatable bonds is 6. The summed E-state index contributed by atoms with van der Waals surface area (Å²) in [6, 6.07) is 12.6. The van der Waals surface area contributed by atoms with Crippen molar-refractivity contribution in [2.24, 2.45) is 0 Å². The van der Waals surface area contributed by atoms with Crippen molar-refractivity contribution < 1.29 is 9.21 Å². The van der Waals surface area contributed by atoms with E-state index < -0.39 is 6.04 Å². The zero-order valence-corrected chi connectivity index (χ0v) is 17.3. The number of amides is 1. The first-order chi connectivity index (χ1) is 14.5. The summed E-state index contributed by atoms with van der Waals surface area (Å²) < 4.78 is 8.60. The predicted molar refractivity (Wildman–Crippen MR) is 115 cm³/mol. The molecule has 7 heteroatoms. The van der Waals surface area contributed by atoms with Gasteiger partial charge < -0.3 is 14.3 Å². The lowest BCUT2D eigenvalue weighted by molar-refractivity contribution is -0.123. The highest BCUT2D eigenvalue weighted by atomic mass is 16.3. The molecule has 4 aromatic rings. The van der Waals surface area contributed by atoms with Crippen LogP contribution in [0.3, 0.4) is 0 Å². The number of furan rings is 1. The average molecular weight is 404 g/mol. The second-order valence-electron chi connectivity index (χ2n) is 7.32. The fourth-order valence-corrected chi connectivity index (χ4v) is 3.94. The van der Waals surface area contributed by atoms with Crippen molar-refractivity contribution in [1.82, 2.24) is 19.7 Å². The van der Waals surface area contributed by atoms with E-state index in [-0.39, 0.29) is 11.5 Å². The number of carbonyl (C=O) groups excluding carboxylic acids is 1. The molecule has 154 valence electrons. The summed E-state index contributed by atoms with van der Waals surface area (Å²) in [4.78, 5) is 26.0. The van der Waals surface area contributed by atoms with Gasteiger partial charge in [0.1, 0.15) is 11.8 Å². The average Bonchev–Trinajstić information content (AvgIpc) is 3.35. The van der Waals surface area contributed by atoms with E-state index in [1.807, 2.05) is 67.8 Å². The Balaban J connectivity index is 1.65. The largest absolute Gasteiger partial charge is 0.469 e. The Hall–Kier alpha value is -3.61. The fourth-order valence-electron chi connectivity index (χ4n) is 3.94. The molecule has 0 radical (unpaired) electrons. The molecule has 7 nitrogen and oxygen atoms in total. The maximum atomic E-state index is 13.2. The lowest BCUT2D eigenvalue weighted by atomic mass is 10.2. The summed E-state index contributed by atoms with van der Waals surface area (Å²) in [5.74, 6) is 0.721. The Kier molecular flexibility index (Phi) is 5.27. The van der Waals surface area contributed by atoms with Crippen molar-refractivity contribution in [1.29, 1.82) is 0 Å². The zero-order chi connectivity index (χ0) is 21.3. The second-order valence-corrected chi connectivity index (χ2v) is 7.32. The summed E-state index contributed by atoms with van der Waals surface area (Å²) in [5, 5.41) is 8.65. The first kappa shape index (κ1) is 19.7. The van der Waals surface area contributed by atoms with Gasteiger partial charge in [0.2, 0.25) is 5.91 Å². The van der Waals surface area contributed by atoms with E-state index in [2.05, 4.69) is 10.4 Å². The van der Waals surface area contributed by atoms with Crippen molar-refractivity contribution in [3.63, 3.8) is 0 Å². The van der Waals surface area contributed by atoms with Crippen LogP contribution in [-0.2, 0) is 11.2 Å². The minimum atomic E-state index is -0.460. The minimum absolute atomic E-state index is 0.107. The van der Waals surface area contributed by atoms with E-state index in [0.717, 1.165) is 22.5 Å². The number of nitrogens with one attached hydrogen (secondary N) is 1. The van der Waals surface area contributed by atoms with E-state index in [4.69, 9.17) is 4.42 Å². The molecule has 0 aliphatic rings. The Morgan fingerprint density at radius 2 is 1.90 bits per heavy atom. The molecule has 0 aliphatic carbocycles. The van der Waals surface area contributed by atoms with Crippen LogP contribution in [0, 0.1) is 13.8 Å². The van der Waals surface area contributed by atoms with Gasteiger partial charge >= 0.3 is 0 Å². The first-order valence-electron chi connectivity index (χ1n) is 9.94. The SMILES string of the molecule is Cc1c2cnn(-c3ccccc3)c(=O)c2c(C)n1[C@H](C)C(=O)NCCc1ccco1. The van der Waals surface area contributed by atoms with Gasteiger partial charge in [-0.3, -0.25) is 9.59 Å². The monoisotopic (exact) mass is 404 g/mol. The molecular weight excluding hydrogens is 380 g/mol. The van der Waals surface area contributed by atoms with E-state index in [1.165, 1.54) is 4.68 Å². The van der Waals surface area contributed by atoms with Gasteiger partial charge in [0.15, 0.2) is 0 Å². The van der Waals surface area contributed by atoms with Gasteiger partial charge in [0.05, 0.1) is 23.5 Å². The van der Waals surface area contributed by atoms with Crippen LogP contribution in [0.15, 0.2) is 64.1 Å². The van der Waals surface area contributed by atoms with Gasteiger partial charge in [-0.2, -0.15) is 9.78 Å². The van der Waals surface area contributed by atoms with Gasteiger partial charge in [-0.15, -0.1) is 0 Å². The highest BCUT2D eigenvalue weighted by Crippen LogP contribution is 2.26. The molecule has 3 aromatic heterocycles. The Morgan fingerprint density at radius 1 is 1.13 bits per heavy atom. The number of fused-ring (bicyclic) bond motifs is 1. The van der Waals surface area contributed by atoms with Crippen molar-refractivity contribution >= 4 is 16.7 Å². The van der Waals surface area contributed by atoms with E-state index >= 15 is 0 Å². The van der Waals surface area contributed by atoms with Gasteiger partial charge in [-0.25, -0.2) is 0 Å². The third-order valence-electron chi connectivity index (χ3n) is 5.47. The zero-order valence-electron chi connectivity index (χ0n) is 17.3. The number of aromatic nitrogens is 3. The number of hydrogen-bond donors (Lipinski definition) is 1. The van der Waals surface area contributed by atoms with Crippen LogP contribution in [0.2, 0.25) is 0 Å². The number of para-hydroxylation sites is 1. The van der Waals surface area contributed by atoms with Crippen LogP contribution in [0.25, 0.3) is 16.5 Å². The Morgan fingerprint density at radius 3 is 2.60 bits per heavy atom. The molecule has 4 rings (SSSR count). The number of carbonyl (C=O) groups is 1.